The maximum atomic E-state index is 10.4. The first-order chi connectivity index (χ1) is 10.7. The minimum absolute atomic E-state index is 0.298. The van der Waals surface area contributed by atoms with E-state index < -0.39 is 5.97 Å². The van der Waals surface area contributed by atoms with Crippen LogP contribution in [0.4, 0.5) is 0 Å². The number of benzene rings is 2. The van der Waals surface area contributed by atoms with E-state index in [-0.39, 0.29) is 0 Å². The molecule has 0 atom stereocenters. The molecule has 0 spiro atoms. The highest BCUT2D eigenvalue weighted by molar-refractivity contribution is 5.66. The molecule has 0 fully saturated rings. The van der Waals surface area contributed by atoms with Crippen molar-refractivity contribution in [2.75, 3.05) is 0 Å². The van der Waals surface area contributed by atoms with Crippen molar-refractivity contribution < 1.29 is 9.90 Å². The van der Waals surface area contributed by atoms with Crippen LogP contribution >= 0.6 is 0 Å². The number of carboxylic acid groups (broad SMARTS) is 1. The van der Waals surface area contributed by atoms with Crippen molar-refractivity contribution in [2.24, 2.45) is 0 Å². The smallest absolute Gasteiger partial charge is 0.303 e. The van der Waals surface area contributed by atoms with Crippen LogP contribution in [0.15, 0.2) is 54.6 Å². The van der Waals surface area contributed by atoms with Gasteiger partial charge in [-0.25, -0.2) is 0 Å². The lowest BCUT2D eigenvalue weighted by atomic mass is 10.00. The van der Waals surface area contributed by atoms with Gasteiger partial charge >= 0.3 is 5.97 Å². The minimum Gasteiger partial charge on any atom is -0.481 e. The van der Waals surface area contributed by atoms with Crippen LogP contribution in [-0.4, -0.2) is 11.1 Å². The summed E-state index contributed by atoms with van der Waals surface area (Å²) in [4.78, 5) is 10.4. The Bertz CT molecular complexity index is 575. The van der Waals surface area contributed by atoms with E-state index >= 15 is 0 Å². The van der Waals surface area contributed by atoms with Gasteiger partial charge in [0.05, 0.1) is 0 Å². The topological polar surface area (TPSA) is 37.3 Å². The molecule has 0 aliphatic rings. The molecule has 0 unspecified atom stereocenters. The molecule has 2 rings (SSSR count). The summed E-state index contributed by atoms with van der Waals surface area (Å²) in [5.41, 5.74) is 4.08. The number of rotatable bonds is 9. The van der Waals surface area contributed by atoms with Gasteiger partial charge in [0.2, 0.25) is 0 Å². The zero-order valence-electron chi connectivity index (χ0n) is 13.0. The van der Waals surface area contributed by atoms with Crippen molar-refractivity contribution in [1.29, 1.82) is 0 Å². The Balaban J connectivity index is 1.75. The average Bonchev–Trinajstić information content (AvgIpc) is 2.52. The third-order valence-corrected chi connectivity index (χ3v) is 3.85. The predicted molar refractivity (Wildman–Crippen MR) is 90.1 cm³/mol. The molecule has 2 aromatic rings. The molecule has 0 saturated carbocycles. The molecule has 0 amide bonds. The lowest BCUT2D eigenvalue weighted by Crippen LogP contribution is -1.94. The Hall–Kier alpha value is -2.09. The molecule has 0 radical (unpaired) electrons. The first kappa shape index (κ1) is 16.3. The maximum absolute atomic E-state index is 10.4. The number of unbranched alkanes of at least 4 members (excludes halogenated alkanes) is 3. The molecule has 0 aliphatic carbocycles. The Morgan fingerprint density at radius 1 is 0.773 bits per heavy atom. The van der Waals surface area contributed by atoms with Gasteiger partial charge in [0.1, 0.15) is 0 Å². The number of carbonyl (C=O) groups is 1. The number of carboxylic acids is 1. The fourth-order valence-corrected chi connectivity index (χ4v) is 2.69. The monoisotopic (exact) mass is 296 g/mol. The molecule has 2 nitrogen and oxygen atoms in total. The molecule has 0 aromatic heterocycles. The summed E-state index contributed by atoms with van der Waals surface area (Å²) in [6.07, 6.45) is 6.40. The predicted octanol–water partition coefficient (Wildman–Crippen LogP) is 4.86. The molecule has 0 heterocycles. The van der Waals surface area contributed by atoms with Gasteiger partial charge in [-0.2, -0.15) is 0 Å². The summed E-state index contributed by atoms with van der Waals surface area (Å²) in [7, 11) is 0. The van der Waals surface area contributed by atoms with Crippen LogP contribution < -0.4 is 0 Å². The number of aliphatic carboxylic acids is 1. The van der Waals surface area contributed by atoms with E-state index in [0.717, 1.165) is 38.5 Å². The number of hydrogen-bond donors (Lipinski definition) is 1. The van der Waals surface area contributed by atoms with Gasteiger partial charge in [-0.05, 0) is 42.4 Å². The van der Waals surface area contributed by atoms with Gasteiger partial charge in [-0.3, -0.25) is 4.79 Å². The minimum atomic E-state index is -0.686. The van der Waals surface area contributed by atoms with Crippen molar-refractivity contribution in [3.63, 3.8) is 0 Å². The highest BCUT2D eigenvalue weighted by Crippen LogP contribution is 2.14. The van der Waals surface area contributed by atoms with E-state index in [1.54, 1.807) is 0 Å². The standard InChI is InChI=1S/C20H24O2/c21-20(22)14-7-2-1-4-9-18-12-8-13-19(16-18)15-17-10-5-3-6-11-17/h3,5-6,8,10-13,16H,1-2,4,7,9,14-15H2,(H,21,22). The second-order valence-electron chi connectivity index (χ2n) is 5.79. The molecular weight excluding hydrogens is 272 g/mol. The molecule has 0 aliphatic heterocycles. The molecule has 116 valence electrons. The zero-order chi connectivity index (χ0) is 15.6. The van der Waals surface area contributed by atoms with Crippen LogP contribution in [0.1, 0.15) is 48.8 Å². The van der Waals surface area contributed by atoms with Crippen LogP contribution in [0.3, 0.4) is 0 Å². The van der Waals surface area contributed by atoms with Crippen LogP contribution in [-0.2, 0) is 17.6 Å². The van der Waals surface area contributed by atoms with Gasteiger partial charge in [0, 0.05) is 6.42 Å². The Labute approximate surface area is 132 Å². The van der Waals surface area contributed by atoms with E-state index in [1.165, 1.54) is 16.7 Å². The second kappa shape index (κ2) is 9.04. The lowest BCUT2D eigenvalue weighted by Gasteiger charge is -2.06. The fourth-order valence-electron chi connectivity index (χ4n) is 2.69. The zero-order valence-corrected chi connectivity index (χ0v) is 13.0. The fraction of sp³-hybridized carbons (Fsp3) is 0.350. The average molecular weight is 296 g/mol. The van der Waals surface area contributed by atoms with Crippen molar-refractivity contribution >= 4 is 5.97 Å². The van der Waals surface area contributed by atoms with Gasteiger partial charge in [-0.15, -0.1) is 0 Å². The number of aryl methyl sites for hydroxylation is 1. The van der Waals surface area contributed by atoms with E-state index in [9.17, 15) is 4.79 Å². The summed E-state index contributed by atoms with van der Waals surface area (Å²) in [6.45, 7) is 0. The molecule has 1 N–H and O–H groups in total. The van der Waals surface area contributed by atoms with Crippen molar-refractivity contribution in [3.05, 3.63) is 71.3 Å². The summed E-state index contributed by atoms with van der Waals surface area (Å²) in [5, 5.41) is 8.60. The molecular formula is C20H24O2. The quantitative estimate of drug-likeness (QED) is 0.671. The van der Waals surface area contributed by atoms with E-state index in [0.29, 0.717) is 6.42 Å². The highest BCUT2D eigenvalue weighted by atomic mass is 16.4. The third-order valence-electron chi connectivity index (χ3n) is 3.85. The second-order valence-corrected chi connectivity index (χ2v) is 5.79. The highest BCUT2D eigenvalue weighted by Gasteiger charge is 2.00. The van der Waals surface area contributed by atoms with Crippen LogP contribution in [0.2, 0.25) is 0 Å². The van der Waals surface area contributed by atoms with Gasteiger partial charge in [0.15, 0.2) is 0 Å². The third kappa shape index (κ3) is 6.13. The molecule has 2 heteroatoms. The van der Waals surface area contributed by atoms with Crippen LogP contribution in [0, 0.1) is 0 Å². The maximum Gasteiger partial charge on any atom is 0.303 e. The summed E-state index contributed by atoms with van der Waals surface area (Å²) in [6, 6.07) is 19.3. The first-order valence-electron chi connectivity index (χ1n) is 8.07. The van der Waals surface area contributed by atoms with Crippen molar-refractivity contribution in [2.45, 2.75) is 44.9 Å². The summed E-state index contributed by atoms with van der Waals surface area (Å²) in [5.74, 6) is -0.686. The normalized spacial score (nSPS) is 10.5. The first-order valence-corrected chi connectivity index (χ1v) is 8.07. The molecule has 22 heavy (non-hydrogen) atoms. The largest absolute Gasteiger partial charge is 0.481 e. The van der Waals surface area contributed by atoms with Gasteiger partial charge < -0.3 is 5.11 Å². The van der Waals surface area contributed by atoms with Gasteiger partial charge in [-0.1, -0.05) is 67.4 Å². The van der Waals surface area contributed by atoms with E-state index in [4.69, 9.17) is 5.11 Å². The van der Waals surface area contributed by atoms with Gasteiger partial charge in [0.25, 0.3) is 0 Å². The van der Waals surface area contributed by atoms with Crippen molar-refractivity contribution in [3.8, 4) is 0 Å². The Kier molecular flexibility index (Phi) is 6.69. The van der Waals surface area contributed by atoms with Crippen LogP contribution in [0.25, 0.3) is 0 Å². The lowest BCUT2D eigenvalue weighted by molar-refractivity contribution is -0.137. The van der Waals surface area contributed by atoms with E-state index in [2.05, 4.69) is 48.5 Å². The van der Waals surface area contributed by atoms with E-state index in [1.807, 2.05) is 6.07 Å². The molecule has 2 aromatic carbocycles. The molecule has 0 bridgehead atoms. The summed E-state index contributed by atoms with van der Waals surface area (Å²) < 4.78 is 0. The Morgan fingerprint density at radius 3 is 2.23 bits per heavy atom. The number of hydrogen-bond acceptors (Lipinski definition) is 1. The summed E-state index contributed by atoms with van der Waals surface area (Å²) >= 11 is 0. The molecule has 0 saturated heterocycles. The van der Waals surface area contributed by atoms with Crippen LogP contribution in [0.5, 0.6) is 0 Å². The van der Waals surface area contributed by atoms with Crippen molar-refractivity contribution in [1.82, 2.24) is 0 Å². The SMILES string of the molecule is O=C(O)CCCCCCc1cccc(Cc2ccccc2)c1. The Morgan fingerprint density at radius 2 is 1.45 bits per heavy atom.